The van der Waals surface area contributed by atoms with Crippen molar-refractivity contribution in [3.63, 3.8) is 0 Å². The monoisotopic (exact) mass is 388 g/mol. The first-order valence-corrected chi connectivity index (χ1v) is 10.1. The topological polar surface area (TPSA) is 48.5 Å². The van der Waals surface area contributed by atoms with Crippen LogP contribution in [0, 0.1) is 5.92 Å². The number of carbonyl (C=O) groups excluding carboxylic acids is 1. The number of fused-ring (bicyclic) bond motifs is 1. The number of nitrogens with one attached hydrogen (secondary N) is 1. The van der Waals surface area contributed by atoms with Gasteiger partial charge in [-0.15, -0.1) is 11.3 Å². The lowest BCUT2D eigenvalue weighted by Gasteiger charge is -2.42. The summed E-state index contributed by atoms with van der Waals surface area (Å²) in [6, 6.07) is -0.192. The summed E-state index contributed by atoms with van der Waals surface area (Å²) < 4.78 is 40.2. The van der Waals surface area contributed by atoms with Gasteiger partial charge in [-0.2, -0.15) is 13.2 Å². The third-order valence-corrected chi connectivity index (χ3v) is 6.96. The van der Waals surface area contributed by atoms with Crippen LogP contribution in [0.5, 0.6) is 0 Å². The van der Waals surface area contributed by atoms with Gasteiger partial charge in [0.1, 0.15) is 6.04 Å². The van der Waals surface area contributed by atoms with Gasteiger partial charge in [0.15, 0.2) is 5.13 Å². The van der Waals surface area contributed by atoms with Crippen LogP contribution in [0.25, 0.3) is 0 Å². The molecule has 1 aromatic heterocycles. The van der Waals surface area contributed by atoms with Gasteiger partial charge in [0.25, 0.3) is 0 Å². The summed E-state index contributed by atoms with van der Waals surface area (Å²) in [4.78, 5) is 21.6. The molecule has 3 aliphatic rings. The summed E-state index contributed by atoms with van der Waals surface area (Å²) >= 11 is 1.26. The van der Waals surface area contributed by atoms with E-state index >= 15 is 0 Å². The number of carbonyl (C=O) groups is 1. The molecule has 1 aliphatic carbocycles. The second kappa shape index (κ2) is 7.09. The lowest BCUT2D eigenvalue weighted by atomic mass is 9.78. The first-order chi connectivity index (χ1) is 12.4. The molecule has 1 aromatic rings. The summed E-state index contributed by atoms with van der Waals surface area (Å²) in [5, 5.41) is 3.78. The highest BCUT2D eigenvalue weighted by Gasteiger charge is 2.47. The van der Waals surface area contributed by atoms with E-state index in [2.05, 4.69) is 15.2 Å². The van der Waals surface area contributed by atoms with E-state index in [9.17, 15) is 18.0 Å². The van der Waals surface area contributed by atoms with E-state index in [-0.39, 0.29) is 18.4 Å². The van der Waals surface area contributed by atoms with Crippen molar-refractivity contribution >= 4 is 22.4 Å². The van der Waals surface area contributed by atoms with Gasteiger partial charge in [-0.25, -0.2) is 4.98 Å². The van der Waals surface area contributed by atoms with Gasteiger partial charge in [0.05, 0.1) is 5.92 Å². The number of halogens is 3. The summed E-state index contributed by atoms with van der Waals surface area (Å²) in [6.07, 6.45) is -0.442. The van der Waals surface area contributed by atoms with E-state index in [0.29, 0.717) is 35.9 Å². The Balaban J connectivity index is 1.53. The fourth-order valence-corrected chi connectivity index (χ4v) is 5.55. The van der Waals surface area contributed by atoms with Gasteiger partial charge in [-0.3, -0.25) is 14.6 Å². The highest BCUT2D eigenvalue weighted by atomic mass is 32.1. The Morgan fingerprint density at radius 3 is 2.81 bits per heavy atom. The molecule has 3 heterocycles. The van der Waals surface area contributed by atoms with E-state index in [1.54, 1.807) is 11.1 Å². The van der Waals surface area contributed by atoms with Crippen molar-refractivity contribution in [3.05, 3.63) is 11.1 Å². The van der Waals surface area contributed by atoms with Crippen LogP contribution in [-0.2, 0) is 4.79 Å². The molecule has 1 N–H and O–H groups in total. The third kappa shape index (κ3) is 3.36. The quantitative estimate of drug-likeness (QED) is 0.846. The maximum atomic E-state index is 13.4. The zero-order valence-corrected chi connectivity index (χ0v) is 15.3. The maximum Gasteiger partial charge on any atom is 0.392 e. The second-order valence-corrected chi connectivity index (χ2v) is 8.37. The Morgan fingerprint density at radius 2 is 2.00 bits per heavy atom. The van der Waals surface area contributed by atoms with Gasteiger partial charge in [0, 0.05) is 49.7 Å². The number of anilines is 1. The predicted molar refractivity (Wildman–Crippen MR) is 93.5 cm³/mol. The van der Waals surface area contributed by atoms with Gasteiger partial charge < -0.3 is 5.32 Å². The van der Waals surface area contributed by atoms with E-state index in [1.165, 1.54) is 11.3 Å². The van der Waals surface area contributed by atoms with E-state index in [1.807, 2.05) is 0 Å². The molecule has 3 fully saturated rings. The summed E-state index contributed by atoms with van der Waals surface area (Å²) in [7, 11) is 0. The van der Waals surface area contributed by atoms with Crippen LogP contribution in [0.3, 0.4) is 0 Å². The number of rotatable bonds is 2. The van der Waals surface area contributed by atoms with Crippen LogP contribution in [0.2, 0.25) is 0 Å². The van der Waals surface area contributed by atoms with Crippen LogP contribution in [0.15, 0.2) is 6.20 Å². The molecule has 5 nitrogen and oxygen atoms in total. The lowest BCUT2D eigenvalue weighted by molar-refractivity contribution is -0.187. The number of nitrogens with zero attached hydrogens (tertiary/aromatic N) is 3. The van der Waals surface area contributed by atoms with Gasteiger partial charge in [0.2, 0.25) is 5.91 Å². The van der Waals surface area contributed by atoms with Gasteiger partial charge in [-0.1, -0.05) is 12.8 Å². The molecule has 26 heavy (non-hydrogen) atoms. The van der Waals surface area contributed by atoms with Crippen molar-refractivity contribution in [2.24, 2.45) is 5.92 Å². The van der Waals surface area contributed by atoms with Crippen LogP contribution in [-0.4, -0.2) is 60.7 Å². The molecule has 0 spiro atoms. The number of thiazole rings is 1. The number of alkyl halides is 3. The van der Waals surface area contributed by atoms with E-state index in [4.69, 9.17) is 0 Å². The van der Waals surface area contributed by atoms with Crippen LogP contribution < -0.4 is 10.2 Å². The average Bonchev–Trinajstić information content (AvgIpc) is 3.11. The molecule has 0 aromatic carbocycles. The summed E-state index contributed by atoms with van der Waals surface area (Å²) in [5.74, 6) is -1.82. The Morgan fingerprint density at radius 1 is 1.19 bits per heavy atom. The molecule has 0 bridgehead atoms. The summed E-state index contributed by atoms with van der Waals surface area (Å²) in [5.41, 5.74) is 0. The molecule has 3 atom stereocenters. The van der Waals surface area contributed by atoms with Crippen molar-refractivity contribution in [2.75, 3.05) is 37.6 Å². The minimum absolute atomic E-state index is 0.000338. The number of hydrogen-bond donors (Lipinski definition) is 1. The molecule has 144 valence electrons. The predicted octanol–water partition coefficient (Wildman–Crippen LogP) is 2.60. The number of amides is 1. The molecule has 0 unspecified atom stereocenters. The second-order valence-electron chi connectivity index (χ2n) is 7.33. The Labute approximate surface area is 154 Å². The molecule has 0 radical (unpaired) electrons. The molecule has 1 amide bonds. The zero-order chi connectivity index (χ0) is 18.3. The highest BCUT2D eigenvalue weighted by Crippen LogP contribution is 2.48. The molecular weight excluding hydrogens is 365 g/mol. The molecule has 2 aliphatic heterocycles. The SMILES string of the molecule is O=C1[C@H]2CNCCN2CCN1c1ncc([C@@H]2CCCC[C@@H]2C(F)(F)F)s1. The Bertz CT molecular complexity index is 665. The number of hydrogen-bond acceptors (Lipinski definition) is 5. The fourth-order valence-electron chi connectivity index (χ4n) is 4.40. The van der Waals surface area contributed by atoms with Gasteiger partial charge in [-0.05, 0) is 12.8 Å². The molecule has 2 saturated heterocycles. The molecule has 4 rings (SSSR count). The highest BCUT2D eigenvalue weighted by molar-refractivity contribution is 7.15. The van der Waals surface area contributed by atoms with Crippen molar-refractivity contribution in [2.45, 2.75) is 43.8 Å². The minimum Gasteiger partial charge on any atom is -0.313 e. The number of piperazine rings is 2. The first kappa shape index (κ1) is 18.2. The largest absolute Gasteiger partial charge is 0.392 e. The zero-order valence-electron chi connectivity index (χ0n) is 14.5. The minimum atomic E-state index is -4.18. The summed E-state index contributed by atoms with van der Waals surface area (Å²) in [6.45, 7) is 3.68. The maximum absolute atomic E-state index is 13.4. The third-order valence-electron chi connectivity index (χ3n) is 5.81. The van der Waals surface area contributed by atoms with Crippen molar-refractivity contribution in [1.29, 1.82) is 0 Å². The molecular formula is C17H23F3N4OS. The average molecular weight is 388 g/mol. The normalized spacial score (nSPS) is 31.1. The van der Waals surface area contributed by atoms with Crippen molar-refractivity contribution in [1.82, 2.24) is 15.2 Å². The van der Waals surface area contributed by atoms with Crippen molar-refractivity contribution < 1.29 is 18.0 Å². The smallest absolute Gasteiger partial charge is 0.313 e. The van der Waals surface area contributed by atoms with Gasteiger partial charge >= 0.3 is 6.18 Å². The Kier molecular flexibility index (Phi) is 4.96. The van der Waals surface area contributed by atoms with Crippen LogP contribution >= 0.6 is 11.3 Å². The lowest BCUT2D eigenvalue weighted by Crippen LogP contribution is -2.64. The Hall–Kier alpha value is -1.19. The first-order valence-electron chi connectivity index (χ1n) is 9.24. The fraction of sp³-hybridized carbons (Fsp3) is 0.765. The van der Waals surface area contributed by atoms with E-state index in [0.717, 1.165) is 26.1 Å². The number of aromatic nitrogens is 1. The standard InChI is InChI=1S/C17H23F3N4OS/c18-17(19,20)12-4-2-1-3-11(12)14-10-22-16(26-14)24-8-7-23-6-5-21-9-13(23)15(24)25/h10-13,21H,1-9H2/t11-,12+,13-/m1/s1. The van der Waals surface area contributed by atoms with Crippen LogP contribution in [0.1, 0.15) is 36.5 Å². The molecule has 1 saturated carbocycles. The van der Waals surface area contributed by atoms with Crippen molar-refractivity contribution in [3.8, 4) is 0 Å². The van der Waals surface area contributed by atoms with E-state index < -0.39 is 18.0 Å². The molecule has 9 heteroatoms. The van der Waals surface area contributed by atoms with Crippen LogP contribution in [0.4, 0.5) is 18.3 Å².